The second-order valence-corrected chi connectivity index (χ2v) is 7.39. The molecule has 0 radical (unpaired) electrons. The van der Waals surface area contributed by atoms with Gasteiger partial charge in [-0.2, -0.15) is 0 Å². The van der Waals surface area contributed by atoms with Crippen molar-refractivity contribution in [2.24, 2.45) is 5.73 Å². The maximum Gasteiger partial charge on any atom is 0.514 e. The molecule has 3 N–H and O–H groups in total. The smallest absolute Gasteiger partial charge is 0.379 e. The van der Waals surface area contributed by atoms with Crippen molar-refractivity contribution in [3.05, 3.63) is 0 Å². The number of amidine groups is 1. The third-order valence-corrected chi connectivity index (χ3v) is 6.88. The molecule has 8 heteroatoms. The molecule has 92 valence electrons. The second kappa shape index (κ2) is 8.37. The normalized spacial score (nSPS) is 13.1. The van der Waals surface area contributed by atoms with Crippen LogP contribution in [0, 0.1) is 5.41 Å². The molecule has 0 rings (SSSR count). The highest BCUT2D eigenvalue weighted by molar-refractivity contribution is 8.15. The lowest BCUT2D eigenvalue weighted by molar-refractivity contribution is 0.121. The van der Waals surface area contributed by atoms with Gasteiger partial charge in [0.25, 0.3) is 0 Å². The standard InChI is InChI=1S/C7H18N2O3SSi.ClH/c1-5-6(13-7(8)9)14(10-2,11-3)12-4;/h6H,5H2,1-4H3,(H3,8,9);1H. The Morgan fingerprint density at radius 3 is 1.93 bits per heavy atom. The molecule has 0 aliphatic carbocycles. The summed E-state index contributed by atoms with van der Waals surface area (Å²) in [5.74, 6) is 0. The highest BCUT2D eigenvalue weighted by Crippen LogP contribution is 2.26. The fourth-order valence-corrected chi connectivity index (χ4v) is 5.29. The molecule has 0 saturated carbocycles. The van der Waals surface area contributed by atoms with Crippen molar-refractivity contribution < 1.29 is 13.3 Å². The van der Waals surface area contributed by atoms with E-state index in [1.54, 1.807) is 21.3 Å². The molecule has 0 aliphatic heterocycles. The molecule has 5 nitrogen and oxygen atoms in total. The first kappa shape index (κ1) is 17.6. The Hall–Kier alpha value is 0.207. The number of halogens is 1. The lowest BCUT2D eigenvalue weighted by Crippen LogP contribution is -2.53. The first-order valence-corrected chi connectivity index (χ1v) is 6.90. The van der Waals surface area contributed by atoms with Crippen molar-refractivity contribution in [3.8, 4) is 0 Å². The maximum absolute atomic E-state index is 7.23. The first-order chi connectivity index (χ1) is 6.56. The molecule has 0 spiro atoms. The van der Waals surface area contributed by atoms with Crippen molar-refractivity contribution in [2.75, 3.05) is 21.3 Å². The van der Waals surface area contributed by atoms with Gasteiger partial charge in [0.15, 0.2) is 5.17 Å². The lowest BCUT2D eigenvalue weighted by Gasteiger charge is -2.30. The summed E-state index contributed by atoms with van der Waals surface area (Å²) in [5.41, 5.74) is 5.33. The first-order valence-electron chi connectivity index (χ1n) is 4.22. The van der Waals surface area contributed by atoms with E-state index in [0.717, 1.165) is 6.42 Å². The summed E-state index contributed by atoms with van der Waals surface area (Å²) in [7, 11) is 2.01. The fourth-order valence-electron chi connectivity index (χ4n) is 1.20. The van der Waals surface area contributed by atoms with Gasteiger partial charge in [-0.05, 0) is 6.42 Å². The van der Waals surface area contributed by atoms with Gasteiger partial charge >= 0.3 is 8.80 Å². The summed E-state index contributed by atoms with van der Waals surface area (Å²) in [5, 5.41) is 7.29. The predicted molar refractivity (Wildman–Crippen MR) is 67.6 cm³/mol. The summed E-state index contributed by atoms with van der Waals surface area (Å²) in [6.45, 7) is 1.99. The van der Waals surface area contributed by atoms with E-state index >= 15 is 0 Å². The second-order valence-electron chi connectivity index (χ2n) is 2.59. The van der Waals surface area contributed by atoms with Gasteiger partial charge in [0.05, 0.1) is 4.87 Å². The number of hydrogen-bond acceptors (Lipinski definition) is 5. The van der Waals surface area contributed by atoms with Crippen molar-refractivity contribution in [1.29, 1.82) is 5.41 Å². The summed E-state index contributed by atoms with van der Waals surface area (Å²) in [6.07, 6.45) is 0.784. The topological polar surface area (TPSA) is 77.6 Å². The van der Waals surface area contributed by atoms with Crippen LogP contribution in [0.5, 0.6) is 0 Å². The number of rotatable bonds is 6. The molecular formula is C7H19ClN2O3SSi. The highest BCUT2D eigenvalue weighted by Gasteiger charge is 2.47. The Balaban J connectivity index is 0. The van der Waals surface area contributed by atoms with E-state index in [9.17, 15) is 0 Å². The summed E-state index contributed by atoms with van der Waals surface area (Å²) in [6, 6.07) is 0. The van der Waals surface area contributed by atoms with Crippen molar-refractivity contribution in [1.82, 2.24) is 0 Å². The number of nitrogens with one attached hydrogen (secondary N) is 1. The third-order valence-electron chi connectivity index (χ3n) is 1.89. The number of nitrogens with two attached hydrogens (primary N) is 1. The van der Waals surface area contributed by atoms with E-state index in [2.05, 4.69) is 0 Å². The van der Waals surface area contributed by atoms with Crippen LogP contribution in [0.25, 0.3) is 0 Å². The SMILES string of the molecule is CCC(SC(=N)N)[Si](OC)(OC)OC.Cl. The van der Waals surface area contributed by atoms with Gasteiger partial charge in [-0.3, -0.25) is 5.41 Å². The molecule has 1 atom stereocenters. The van der Waals surface area contributed by atoms with E-state index in [1.807, 2.05) is 6.92 Å². The van der Waals surface area contributed by atoms with Crippen LogP contribution in [0.2, 0.25) is 0 Å². The van der Waals surface area contributed by atoms with Crippen molar-refractivity contribution >= 4 is 38.1 Å². The molecule has 0 aromatic heterocycles. The van der Waals surface area contributed by atoms with E-state index < -0.39 is 8.80 Å². The van der Waals surface area contributed by atoms with Crippen LogP contribution >= 0.6 is 24.2 Å². The molecule has 0 saturated heterocycles. The Morgan fingerprint density at radius 2 is 1.73 bits per heavy atom. The number of hydrogen-bond donors (Lipinski definition) is 2. The van der Waals surface area contributed by atoms with Crippen LogP contribution in [0.4, 0.5) is 0 Å². The van der Waals surface area contributed by atoms with Crippen LogP contribution in [0.1, 0.15) is 13.3 Å². The van der Waals surface area contributed by atoms with Gasteiger partial charge in [-0.25, -0.2) is 0 Å². The van der Waals surface area contributed by atoms with Gasteiger partial charge in [0.1, 0.15) is 0 Å². The van der Waals surface area contributed by atoms with E-state index in [1.165, 1.54) is 11.8 Å². The maximum atomic E-state index is 7.23. The Bertz CT molecular complexity index is 187. The van der Waals surface area contributed by atoms with Gasteiger partial charge in [-0.15, -0.1) is 12.4 Å². The summed E-state index contributed by atoms with van der Waals surface area (Å²) in [4.78, 5) is -0.0278. The minimum absolute atomic E-state index is 0. The zero-order valence-electron chi connectivity index (χ0n) is 9.40. The van der Waals surface area contributed by atoms with Gasteiger partial charge in [0.2, 0.25) is 0 Å². The Kier molecular flexibility index (Phi) is 9.82. The molecular weight excluding hydrogens is 256 g/mol. The minimum Gasteiger partial charge on any atom is -0.379 e. The van der Waals surface area contributed by atoms with Crippen LogP contribution in [-0.4, -0.2) is 40.2 Å². The van der Waals surface area contributed by atoms with Gasteiger partial charge < -0.3 is 19.0 Å². The van der Waals surface area contributed by atoms with E-state index in [4.69, 9.17) is 24.4 Å². The summed E-state index contributed by atoms with van der Waals surface area (Å²) < 4.78 is 15.9. The average molecular weight is 275 g/mol. The zero-order valence-corrected chi connectivity index (χ0v) is 12.0. The molecule has 0 amide bonds. The van der Waals surface area contributed by atoms with Crippen LogP contribution in [0.3, 0.4) is 0 Å². The molecule has 0 aromatic carbocycles. The zero-order chi connectivity index (χ0) is 11.2. The average Bonchev–Trinajstić information content (AvgIpc) is 2.19. The van der Waals surface area contributed by atoms with Crippen LogP contribution in [0.15, 0.2) is 0 Å². The molecule has 0 heterocycles. The lowest BCUT2D eigenvalue weighted by atomic mass is 10.6. The van der Waals surface area contributed by atoms with Crippen molar-refractivity contribution in [3.63, 3.8) is 0 Å². The summed E-state index contributed by atoms with van der Waals surface area (Å²) >= 11 is 1.23. The minimum atomic E-state index is -2.67. The van der Waals surface area contributed by atoms with Crippen LogP contribution < -0.4 is 5.73 Å². The van der Waals surface area contributed by atoms with Gasteiger partial charge in [0, 0.05) is 21.3 Å². The fraction of sp³-hybridized carbons (Fsp3) is 0.857. The molecule has 0 aromatic rings. The van der Waals surface area contributed by atoms with Crippen molar-refractivity contribution in [2.45, 2.75) is 18.2 Å². The largest absolute Gasteiger partial charge is 0.514 e. The quantitative estimate of drug-likeness (QED) is 0.433. The van der Waals surface area contributed by atoms with Crippen LogP contribution in [-0.2, 0) is 13.3 Å². The Labute approximate surface area is 102 Å². The molecule has 0 aliphatic rings. The number of thioether (sulfide) groups is 1. The predicted octanol–water partition coefficient (Wildman–Crippen LogP) is 1.23. The molecule has 0 fully saturated rings. The third kappa shape index (κ3) is 4.71. The highest BCUT2D eigenvalue weighted by atomic mass is 35.5. The van der Waals surface area contributed by atoms with E-state index in [0.29, 0.717) is 0 Å². The van der Waals surface area contributed by atoms with E-state index in [-0.39, 0.29) is 22.4 Å². The Morgan fingerprint density at radius 1 is 1.33 bits per heavy atom. The molecule has 15 heavy (non-hydrogen) atoms. The molecule has 0 bridgehead atoms. The van der Waals surface area contributed by atoms with Gasteiger partial charge in [-0.1, -0.05) is 18.7 Å². The molecule has 1 unspecified atom stereocenters. The monoisotopic (exact) mass is 274 g/mol.